The molecule has 0 amide bonds. The van der Waals surface area contributed by atoms with Gasteiger partial charge in [0.2, 0.25) is 0 Å². The SMILES string of the molecule is CCNC1CNc2cc(F)ccc2C1. The molecule has 0 bridgehead atoms. The van der Waals surface area contributed by atoms with E-state index in [0.717, 1.165) is 25.2 Å². The van der Waals surface area contributed by atoms with Crippen LogP contribution in [0.3, 0.4) is 0 Å². The molecule has 2 nitrogen and oxygen atoms in total. The van der Waals surface area contributed by atoms with Crippen molar-refractivity contribution in [2.45, 2.75) is 19.4 Å². The average molecular weight is 194 g/mol. The molecule has 0 aliphatic carbocycles. The van der Waals surface area contributed by atoms with E-state index in [1.807, 2.05) is 6.07 Å². The van der Waals surface area contributed by atoms with Gasteiger partial charge in [-0.2, -0.15) is 0 Å². The van der Waals surface area contributed by atoms with Gasteiger partial charge in [-0.1, -0.05) is 13.0 Å². The molecule has 1 aliphatic rings. The Hall–Kier alpha value is -1.09. The molecule has 0 spiro atoms. The minimum Gasteiger partial charge on any atom is -0.383 e. The Kier molecular flexibility index (Phi) is 2.68. The fraction of sp³-hybridized carbons (Fsp3) is 0.455. The van der Waals surface area contributed by atoms with E-state index < -0.39 is 0 Å². The average Bonchev–Trinajstić information content (AvgIpc) is 2.19. The lowest BCUT2D eigenvalue weighted by Gasteiger charge is -2.26. The first kappa shape index (κ1) is 9.46. The van der Waals surface area contributed by atoms with Gasteiger partial charge in [0.15, 0.2) is 0 Å². The Morgan fingerprint density at radius 2 is 2.43 bits per heavy atom. The lowest BCUT2D eigenvalue weighted by Crippen LogP contribution is -2.40. The number of anilines is 1. The highest BCUT2D eigenvalue weighted by Crippen LogP contribution is 2.22. The first-order chi connectivity index (χ1) is 6.79. The summed E-state index contributed by atoms with van der Waals surface area (Å²) in [5, 5.41) is 6.62. The number of nitrogens with one attached hydrogen (secondary N) is 2. The first-order valence-electron chi connectivity index (χ1n) is 5.05. The highest BCUT2D eigenvalue weighted by atomic mass is 19.1. The van der Waals surface area contributed by atoms with Crippen molar-refractivity contribution in [1.82, 2.24) is 5.32 Å². The van der Waals surface area contributed by atoms with Crippen molar-refractivity contribution in [1.29, 1.82) is 0 Å². The molecule has 0 fully saturated rings. The number of hydrogen-bond acceptors (Lipinski definition) is 2. The van der Waals surface area contributed by atoms with Crippen LogP contribution in [0.25, 0.3) is 0 Å². The summed E-state index contributed by atoms with van der Waals surface area (Å²) in [5.74, 6) is -0.168. The van der Waals surface area contributed by atoms with Gasteiger partial charge in [0, 0.05) is 18.3 Å². The van der Waals surface area contributed by atoms with Crippen molar-refractivity contribution in [3.05, 3.63) is 29.6 Å². The summed E-state index contributed by atoms with van der Waals surface area (Å²) >= 11 is 0. The summed E-state index contributed by atoms with van der Waals surface area (Å²) in [4.78, 5) is 0. The zero-order chi connectivity index (χ0) is 9.97. The molecule has 0 aromatic heterocycles. The number of benzene rings is 1. The summed E-state index contributed by atoms with van der Waals surface area (Å²) in [6.07, 6.45) is 0.983. The van der Waals surface area contributed by atoms with Crippen molar-refractivity contribution in [3.63, 3.8) is 0 Å². The van der Waals surface area contributed by atoms with Gasteiger partial charge in [-0.3, -0.25) is 0 Å². The zero-order valence-electron chi connectivity index (χ0n) is 8.31. The lowest BCUT2D eigenvalue weighted by atomic mass is 9.99. The van der Waals surface area contributed by atoms with Crippen molar-refractivity contribution < 1.29 is 4.39 Å². The maximum absolute atomic E-state index is 12.9. The van der Waals surface area contributed by atoms with Crippen LogP contribution in [0.5, 0.6) is 0 Å². The highest BCUT2D eigenvalue weighted by Gasteiger charge is 2.16. The topological polar surface area (TPSA) is 24.1 Å². The predicted molar refractivity (Wildman–Crippen MR) is 56.1 cm³/mol. The van der Waals surface area contributed by atoms with Gasteiger partial charge in [0.25, 0.3) is 0 Å². The molecule has 2 rings (SSSR count). The molecule has 0 radical (unpaired) electrons. The van der Waals surface area contributed by atoms with Gasteiger partial charge in [-0.05, 0) is 30.7 Å². The summed E-state index contributed by atoms with van der Waals surface area (Å²) in [5.41, 5.74) is 2.14. The fourth-order valence-corrected chi connectivity index (χ4v) is 1.90. The van der Waals surface area contributed by atoms with Gasteiger partial charge in [-0.25, -0.2) is 4.39 Å². The Morgan fingerprint density at radius 1 is 1.57 bits per heavy atom. The monoisotopic (exact) mass is 194 g/mol. The van der Waals surface area contributed by atoms with Crippen LogP contribution in [0, 0.1) is 5.82 Å². The van der Waals surface area contributed by atoms with Crippen LogP contribution in [0.1, 0.15) is 12.5 Å². The van der Waals surface area contributed by atoms with Crippen LogP contribution >= 0.6 is 0 Å². The van der Waals surface area contributed by atoms with E-state index in [1.54, 1.807) is 6.07 Å². The molecule has 1 heterocycles. The van der Waals surface area contributed by atoms with E-state index in [1.165, 1.54) is 11.6 Å². The normalized spacial score (nSPS) is 20.0. The van der Waals surface area contributed by atoms with E-state index in [2.05, 4.69) is 17.6 Å². The van der Waals surface area contributed by atoms with E-state index in [4.69, 9.17) is 0 Å². The molecule has 0 saturated carbocycles. The van der Waals surface area contributed by atoms with Gasteiger partial charge >= 0.3 is 0 Å². The number of halogens is 1. The first-order valence-corrected chi connectivity index (χ1v) is 5.05. The van der Waals surface area contributed by atoms with Crippen molar-refractivity contribution >= 4 is 5.69 Å². The molecule has 1 aromatic carbocycles. The lowest BCUT2D eigenvalue weighted by molar-refractivity contribution is 0.532. The largest absolute Gasteiger partial charge is 0.383 e. The second kappa shape index (κ2) is 3.96. The summed E-state index contributed by atoms with van der Waals surface area (Å²) in [6.45, 7) is 3.95. The fourth-order valence-electron chi connectivity index (χ4n) is 1.90. The van der Waals surface area contributed by atoms with E-state index >= 15 is 0 Å². The summed E-state index contributed by atoms with van der Waals surface area (Å²) in [6, 6.07) is 5.42. The van der Waals surface area contributed by atoms with Crippen LogP contribution in [0.2, 0.25) is 0 Å². The molecular formula is C11H15FN2. The smallest absolute Gasteiger partial charge is 0.125 e. The highest BCUT2D eigenvalue weighted by molar-refractivity contribution is 5.53. The number of likely N-dealkylation sites (N-methyl/N-ethyl adjacent to an activating group) is 1. The maximum Gasteiger partial charge on any atom is 0.125 e. The quantitative estimate of drug-likeness (QED) is 0.749. The Morgan fingerprint density at radius 3 is 3.21 bits per heavy atom. The molecule has 76 valence electrons. The van der Waals surface area contributed by atoms with Gasteiger partial charge in [0.05, 0.1) is 0 Å². The van der Waals surface area contributed by atoms with Crippen LogP contribution in [-0.2, 0) is 6.42 Å². The maximum atomic E-state index is 12.9. The Labute approximate surface area is 83.5 Å². The zero-order valence-corrected chi connectivity index (χ0v) is 8.31. The molecule has 14 heavy (non-hydrogen) atoms. The van der Waals surface area contributed by atoms with E-state index in [0.29, 0.717) is 6.04 Å². The minimum atomic E-state index is -0.168. The van der Waals surface area contributed by atoms with Crippen LogP contribution < -0.4 is 10.6 Å². The standard InChI is InChI=1S/C11H15FN2/c1-2-13-10-5-8-3-4-9(12)6-11(8)14-7-10/h3-4,6,10,13-14H,2,5,7H2,1H3. The molecular weight excluding hydrogens is 179 g/mol. The molecule has 1 atom stereocenters. The third-order valence-corrected chi connectivity index (χ3v) is 2.57. The van der Waals surface area contributed by atoms with Crippen molar-refractivity contribution in [3.8, 4) is 0 Å². The second-order valence-corrected chi connectivity index (χ2v) is 3.64. The Balaban J connectivity index is 2.15. The third-order valence-electron chi connectivity index (χ3n) is 2.57. The van der Waals surface area contributed by atoms with E-state index in [-0.39, 0.29) is 5.82 Å². The van der Waals surface area contributed by atoms with Crippen LogP contribution in [-0.4, -0.2) is 19.1 Å². The van der Waals surface area contributed by atoms with E-state index in [9.17, 15) is 4.39 Å². The van der Waals surface area contributed by atoms with Crippen LogP contribution in [0.4, 0.5) is 10.1 Å². The second-order valence-electron chi connectivity index (χ2n) is 3.64. The molecule has 1 aromatic rings. The molecule has 1 aliphatic heterocycles. The molecule has 1 unspecified atom stereocenters. The minimum absolute atomic E-state index is 0.168. The molecule has 3 heteroatoms. The van der Waals surface area contributed by atoms with Crippen molar-refractivity contribution in [2.24, 2.45) is 0 Å². The van der Waals surface area contributed by atoms with Gasteiger partial charge in [-0.15, -0.1) is 0 Å². The molecule has 0 saturated heterocycles. The van der Waals surface area contributed by atoms with Crippen molar-refractivity contribution in [2.75, 3.05) is 18.4 Å². The summed E-state index contributed by atoms with van der Waals surface area (Å²) < 4.78 is 12.9. The number of rotatable bonds is 2. The third kappa shape index (κ3) is 1.87. The molecule has 2 N–H and O–H groups in total. The van der Waals surface area contributed by atoms with Crippen LogP contribution in [0.15, 0.2) is 18.2 Å². The number of fused-ring (bicyclic) bond motifs is 1. The Bertz CT molecular complexity index is 325. The number of hydrogen-bond donors (Lipinski definition) is 2. The predicted octanol–water partition coefficient (Wildman–Crippen LogP) is 1.77. The summed E-state index contributed by atoms with van der Waals surface area (Å²) in [7, 11) is 0. The van der Waals surface area contributed by atoms with Gasteiger partial charge < -0.3 is 10.6 Å². The van der Waals surface area contributed by atoms with Gasteiger partial charge in [0.1, 0.15) is 5.82 Å².